The van der Waals surface area contributed by atoms with Crippen molar-refractivity contribution in [2.24, 2.45) is 0 Å². The lowest BCUT2D eigenvalue weighted by Gasteiger charge is -2.31. The molecule has 64 valence electrons. The maximum Gasteiger partial charge on any atom is 0.211 e. The van der Waals surface area contributed by atoms with Crippen LogP contribution in [0.3, 0.4) is 0 Å². The maximum absolute atomic E-state index is 10.4. The van der Waals surface area contributed by atoms with E-state index in [4.69, 9.17) is 9.47 Å². The fraction of sp³-hybridized carbons (Fsp3) is 0.857. The lowest BCUT2D eigenvalue weighted by Crippen LogP contribution is -2.46. The van der Waals surface area contributed by atoms with Crippen LogP contribution >= 0.6 is 0 Å². The minimum Gasteiger partial charge on any atom is -0.375 e. The predicted molar refractivity (Wildman–Crippen MR) is 39.0 cm³/mol. The number of carbonyl (C=O) groups excluding carboxylic acids is 1. The Balaban J connectivity index is 2.37. The summed E-state index contributed by atoms with van der Waals surface area (Å²) in [4.78, 5) is 12.1. The van der Waals surface area contributed by atoms with Gasteiger partial charge in [-0.1, -0.05) is 0 Å². The number of morpholine rings is 1. The molecule has 1 rings (SSSR count). The first-order chi connectivity index (χ1) is 5.38. The van der Waals surface area contributed by atoms with Gasteiger partial charge >= 0.3 is 0 Å². The number of nitrogens with zero attached hydrogens (tertiary/aromatic N) is 1. The molecule has 1 amide bonds. The molecule has 0 aromatic rings. The Morgan fingerprint density at radius 3 is 3.27 bits per heavy atom. The molecule has 1 aliphatic rings. The quantitative estimate of drug-likeness (QED) is 0.537. The van der Waals surface area contributed by atoms with E-state index in [-0.39, 0.29) is 6.23 Å². The van der Waals surface area contributed by atoms with Gasteiger partial charge in [0.2, 0.25) is 6.41 Å². The van der Waals surface area contributed by atoms with Crippen LogP contribution in [0.25, 0.3) is 0 Å². The average molecular weight is 159 g/mol. The highest BCUT2D eigenvalue weighted by atomic mass is 16.5. The fourth-order valence-corrected chi connectivity index (χ4v) is 1.05. The van der Waals surface area contributed by atoms with Crippen molar-refractivity contribution in [3.05, 3.63) is 0 Å². The number of hydrogen-bond acceptors (Lipinski definition) is 3. The molecule has 1 heterocycles. The van der Waals surface area contributed by atoms with Gasteiger partial charge in [0.05, 0.1) is 13.2 Å². The topological polar surface area (TPSA) is 38.8 Å². The molecule has 1 fully saturated rings. The summed E-state index contributed by atoms with van der Waals surface area (Å²) in [6.07, 6.45) is 0.634. The average Bonchev–Trinajstić information content (AvgIpc) is 2.06. The lowest BCUT2D eigenvalue weighted by molar-refractivity contribution is -0.155. The first-order valence-electron chi connectivity index (χ1n) is 3.79. The molecule has 0 N–H and O–H groups in total. The van der Waals surface area contributed by atoms with E-state index in [9.17, 15) is 4.79 Å². The Morgan fingerprint density at radius 1 is 1.82 bits per heavy atom. The number of hydrogen-bond donors (Lipinski definition) is 0. The van der Waals surface area contributed by atoms with Gasteiger partial charge in [0.15, 0.2) is 6.23 Å². The normalized spacial score (nSPS) is 25.2. The van der Waals surface area contributed by atoms with E-state index in [0.717, 1.165) is 6.41 Å². The van der Waals surface area contributed by atoms with Crippen LogP contribution in [-0.2, 0) is 14.3 Å². The first kappa shape index (κ1) is 8.49. The molecule has 0 saturated carbocycles. The summed E-state index contributed by atoms with van der Waals surface area (Å²) >= 11 is 0. The molecule has 1 atom stereocenters. The van der Waals surface area contributed by atoms with Gasteiger partial charge in [-0.25, -0.2) is 0 Å². The minimum atomic E-state index is -0.175. The fourth-order valence-electron chi connectivity index (χ4n) is 1.05. The van der Waals surface area contributed by atoms with E-state index in [0.29, 0.717) is 26.4 Å². The van der Waals surface area contributed by atoms with E-state index < -0.39 is 0 Å². The third kappa shape index (κ3) is 2.17. The smallest absolute Gasteiger partial charge is 0.211 e. The van der Waals surface area contributed by atoms with Crippen molar-refractivity contribution < 1.29 is 14.3 Å². The van der Waals surface area contributed by atoms with Crippen LogP contribution in [0.15, 0.2) is 0 Å². The molecule has 0 spiro atoms. The van der Waals surface area contributed by atoms with Crippen molar-refractivity contribution in [2.45, 2.75) is 13.2 Å². The van der Waals surface area contributed by atoms with Crippen LogP contribution < -0.4 is 0 Å². The third-order valence-electron chi connectivity index (χ3n) is 1.62. The largest absolute Gasteiger partial charge is 0.375 e. The Kier molecular flexibility index (Phi) is 3.32. The van der Waals surface area contributed by atoms with Crippen LogP contribution in [-0.4, -0.2) is 43.9 Å². The standard InChI is InChI=1S/C7H13NO3/c1-2-11-7-5-10-4-3-8(7)6-9/h6-7H,2-5H2,1H3/t7-/m0/s1. The molecule has 0 aromatic heterocycles. The number of carbonyl (C=O) groups is 1. The predicted octanol–water partition coefficient (Wildman–Crippen LogP) is -0.162. The van der Waals surface area contributed by atoms with Crippen LogP contribution in [0.5, 0.6) is 0 Å². The zero-order valence-corrected chi connectivity index (χ0v) is 6.66. The highest BCUT2D eigenvalue weighted by Gasteiger charge is 2.20. The summed E-state index contributed by atoms with van der Waals surface area (Å²) in [7, 11) is 0. The van der Waals surface area contributed by atoms with Crippen LogP contribution in [0.2, 0.25) is 0 Å². The molecule has 0 unspecified atom stereocenters. The second-order valence-electron chi connectivity index (χ2n) is 2.33. The van der Waals surface area contributed by atoms with E-state index in [1.54, 1.807) is 4.90 Å². The Morgan fingerprint density at radius 2 is 2.64 bits per heavy atom. The summed E-state index contributed by atoms with van der Waals surface area (Å²) in [6.45, 7) is 4.25. The van der Waals surface area contributed by atoms with Gasteiger partial charge in [-0.2, -0.15) is 0 Å². The van der Waals surface area contributed by atoms with Crippen molar-refractivity contribution >= 4 is 6.41 Å². The maximum atomic E-state index is 10.4. The highest BCUT2D eigenvalue weighted by Crippen LogP contribution is 2.04. The van der Waals surface area contributed by atoms with Gasteiger partial charge in [0.25, 0.3) is 0 Å². The molecule has 1 saturated heterocycles. The monoisotopic (exact) mass is 159 g/mol. The van der Waals surface area contributed by atoms with Crippen LogP contribution in [0.1, 0.15) is 6.92 Å². The van der Waals surface area contributed by atoms with Crippen LogP contribution in [0, 0.1) is 0 Å². The minimum absolute atomic E-state index is 0.175. The lowest BCUT2D eigenvalue weighted by atomic mass is 10.4. The van der Waals surface area contributed by atoms with E-state index >= 15 is 0 Å². The van der Waals surface area contributed by atoms with E-state index in [1.807, 2.05) is 6.92 Å². The molecule has 4 heteroatoms. The van der Waals surface area contributed by atoms with Gasteiger partial charge in [-0.05, 0) is 6.92 Å². The molecule has 1 aliphatic heterocycles. The first-order valence-corrected chi connectivity index (χ1v) is 3.79. The molecular weight excluding hydrogens is 146 g/mol. The van der Waals surface area contributed by atoms with E-state index in [2.05, 4.69) is 0 Å². The summed E-state index contributed by atoms with van der Waals surface area (Å²) < 4.78 is 10.4. The van der Waals surface area contributed by atoms with Gasteiger partial charge in [-0.3, -0.25) is 4.79 Å². The molecule has 11 heavy (non-hydrogen) atoms. The van der Waals surface area contributed by atoms with E-state index in [1.165, 1.54) is 0 Å². The summed E-state index contributed by atoms with van der Waals surface area (Å²) in [5, 5.41) is 0. The SMILES string of the molecule is CCO[C@H]1COCCN1C=O. The van der Waals surface area contributed by atoms with Crippen molar-refractivity contribution in [1.82, 2.24) is 4.90 Å². The van der Waals surface area contributed by atoms with Crippen molar-refractivity contribution in [1.29, 1.82) is 0 Å². The summed E-state index contributed by atoms with van der Waals surface area (Å²) in [6, 6.07) is 0. The van der Waals surface area contributed by atoms with Crippen molar-refractivity contribution in [3.8, 4) is 0 Å². The van der Waals surface area contributed by atoms with Crippen molar-refractivity contribution in [3.63, 3.8) is 0 Å². The van der Waals surface area contributed by atoms with Gasteiger partial charge < -0.3 is 14.4 Å². The highest BCUT2D eigenvalue weighted by molar-refractivity contribution is 5.47. The Bertz CT molecular complexity index is 127. The Labute approximate surface area is 66.1 Å². The zero-order chi connectivity index (χ0) is 8.10. The second kappa shape index (κ2) is 4.31. The number of ether oxygens (including phenoxy) is 2. The molecule has 4 nitrogen and oxygen atoms in total. The third-order valence-corrected chi connectivity index (χ3v) is 1.62. The summed E-state index contributed by atoms with van der Waals surface area (Å²) in [5.74, 6) is 0. The second-order valence-corrected chi connectivity index (χ2v) is 2.33. The molecule has 0 aromatic carbocycles. The molecule has 0 bridgehead atoms. The van der Waals surface area contributed by atoms with Gasteiger partial charge in [0.1, 0.15) is 0 Å². The van der Waals surface area contributed by atoms with Crippen LogP contribution in [0.4, 0.5) is 0 Å². The molecular formula is C7H13NO3. The van der Waals surface area contributed by atoms with Gasteiger partial charge in [0, 0.05) is 13.2 Å². The Hall–Kier alpha value is -0.610. The molecule has 0 radical (unpaired) electrons. The van der Waals surface area contributed by atoms with Gasteiger partial charge in [-0.15, -0.1) is 0 Å². The zero-order valence-electron chi connectivity index (χ0n) is 6.66. The molecule has 0 aliphatic carbocycles. The summed E-state index contributed by atoms with van der Waals surface area (Å²) in [5.41, 5.74) is 0. The number of amides is 1. The number of rotatable bonds is 3. The van der Waals surface area contributed by atoms with Crippen molar-refractivity contribution in [2.75, 3.05) is 26.4 Å².